The molecule has 0 amide bonds. The summed E-state index contributed by atoms with van der Waals surface area (Å²) in [6.45, 7) is 7.70. The number of hydrogen-bond donors (Lipinski definition) is 2. The van der Waals surface area contributed by atoms with Crippen LogP contribution in [0.3, 0.4) is 0 Å². The molecule has 0 saturated carbocycles. The summed E-state index contributed by atoms with van der Waals surface area (Å²) >= 11 is 0. The molecule has 1 atom stereocenters. The Morgan fingerprint density at radius 3 is 2.29 bits per heavy atom. The quantitative estimate of drug-likeness (QED) is 0.676. The van der Waals surface area contributed by atoms with Crippen molar-refractivity contribution < 1.29 is 24.1 Å². The van der Waals surface area contributed by atoms with Gasteiger partial charge in [0.2, 0.25) is 5.75 Å². The fourth-order valence-corrected chi connectivity index (χ4v) is 3.48. The molecule has 150 valence electrons. The van der Waals surface area contributed by atoms with E-state index >= 15 is 0 Å². The summed E-state index contributed by atoms with van der Waals surface area (Å²) in [5, 5.41) is 13.0. The highest BCUT2D eigenvalue weighted by atomic mass is 16.5. The Bertz CT molecular complexity index is 822. The molecule has 3 rings (SSSR count). The average Bonchev–Trinajstić information content (AvgIpc) is 2.69. The van der Waals surface area contributed by atoms with Crippen molar-refractivity contribution >= 4 is 5.78 Å². The van der Waals surface area contributed by atoms with Gasteiger partial charge in [0.1, 0.15) is 5.75 Å². The van der Waals surface area contributed by atoms with Crippen molar-refractivity contribution in [3.63, 3.8) is 0 Å². The molecule has 2 aromatic carbocycles. The predicted molar refractivity (Wildman–Crippen MR) is 107 cm³/mol. The number of phenols is 1. The maximum Gasteiger partial charge on any atom is 0.203 e. The number of Topliss-reactive ketones (excluding diaryl/α,β-unsaturated/α-hetero) is 1. The van der Waals surface area contributed by atoms with E-state index in [4.69, 9.17) is 14.2 Å². The van der Waals surface area contributed by atoms with Crippen molar-refractivity contribution in [1.29, 1.82) is 0 Å². The van der Waals surface area contributed by atoms with Crippen molar-refractivity contribution in [2.24, 2.45) is 0 Å². The number of hydrogen-bond acceptors (Lipinski definition) is 6. The first-order valence-corrected chi connectivity index (χ1v) is 9.74. The number of carbonyl (C=O) groups is 1. The number of ether oxygens (including phenoxy) is 3. The van der Waals surface area contributed by atoms with E-state index < -0.39 is 6.04 Å². The Kier molecular flexibility index (Phi) is 6.41. The van der Waals surface area contributed by atoms with Crippen LogP contribution in [0, 0.1) is 0 Å². The fourth-order valence-electron chi connectivity index (χ4n) is 3.48. The molecular weight excluding hydrogens is 358 g/mol. The topological polar surface area (TPSA) is 77.0 Å². The number of aromatic hydroxyl groups is 1. The molecule has 1 aliphatic heterocycles. The zero-order chi connectivity index (χ0) is 20.1. The van der Waals surface area contributed by atoms with E-state index in [9.17, 15) is 9.90 Å². The molecule has 0 aromatic heterocycles. The lowest BCUT2D eigenvalue weighted by Crippen LogP contribution is -2.35. The first kappa shape index (κ1) is 20.0. The van der Waals surface area contributed by atoms with Crippen molar-refractivity contribution in [3.8, 4) is 23.0 Å². The molecule has 2 aromatic rings. The number of carbonyl (C=O) groups excluding carboxylic acids is 1. The van der Waals surface area contributed by atoms with Crippen LogP contribution in [0.15, 0.2) is 30.3 Å². The molecule has 0 radical (unpaired) electrons. The molecule has 6 heteroatoms. The minimum atomic E-state index is -0.480. The Labute approximate surface area is 165 Å². The molecular formula is C22H27NO5. The summed E-state index contributed by atoms with van der Waals surface area (Å²) in [7, 11) is 0. The van der Waals surface area contributed by atoms with Gasteiger partial charge in [0, 0.05) is 12.1 Å². The van der Waals surface area contributed by atoms with Gasteiger partial charge in [0.05, 0.1) is 25.9 Å². The lowest BCUT2D eigenvalue weighted by molar-refractivity contribution is 0.0938. The summed E-state index contributed by atoms with van der Waals surface area (Å²) < 4.78 is 17.2. The molecule has 1 heterocycles. The fraction of sp³-hybridized carbons (Fsp3) is 0.409. The molecule has 1 unspecified atom stereocenters. The molecule has 0 spiro atoms. The highest BCUT2D eigenvalue weighted by Gasteiger charge is 2.29. The smallest absolute Gasteiger partial charge is 0.203 e. The standard InChI is InChI=1S/C22H27NO5/c1-4-26-18-12-15(13-19(27-5-2)22(18)28-6-3)21(25)20-17-8-7-16(24)11-14(17)9-10-23-20/h7-8,11-13,20,23-24H,4-6,9-10H2,1-3H3. The second kappa shape index (κ2) is 8.97. The van der Waals surface area contributed by atoms with Crippen LogP contribution in [0.5, 0.6) is 23.0 Å². The normalized spacial score (nSPS) is 15.6. The lowest BCUT2D eigenvalue weighted by atomic mass is 9.89. The van der Waals surface area contributed by atoms with Crippen molar-refractivity contribution in [2.45, 2.75) is 33.2 Å². The third-order valence-electron chi connectivity index (χ3n) is 4.64. The summed E-state index contributed by atoms with van der Waals surface area (Å²) in [6, 6.07) is 8.10. The zero-order valence-electron chi connectivity index (χ0n) is 16.6. The minimum absolute atomic E-state index is 0.0726. The summed E-state index contributed by atoms with van der Waals surface area (Å²) in [6.07, 6.45) is 0.769. The Hall–Kier alpha value is -2.73. The van der Waals surface area contributed by atoms with Crippen molar-refractivity contribution in [2.75, 3.05) is 26.4 Å². The lowest BCUT2D eigenvalue weighted by Gasteiger charge is -2.26. The van der Waals surface area contributed by atoms with Gasteiger partial charge in [0.25, 0.3) is 0 Å². The van der Waals surface area contributed by atoms with Crippen LogP contribution in [0.25, 0.3) is 0 Å². The second-order valence-electron chi connectivity index (χ2n) is 6.49. The van der Waals surface area contributed by atoms with Crippen molar-refractivity contribution in [1.82, 2.24) is 5.32 Å². The maximum atomic E-state index is 13.4. The van der Waals surface area contributed by atoms with Gasteiger partial charge >= 0.3 is 0 Å². The van der Waals surface area contributed by atoms with E-state index in [-0.39, 0.29) is 11.5 Å². The number of benzene rings is 2. The van der Waals surface area contributed by atoms with Gasteiger partial charge in [-0.2, -0.15) is 0 Å². The second-order valence-corrected chi connectivity index (χ2v) is 6.49. The Balaban J connectivity index is 2.02. The largest absolute Gasteiger partial charge is 0.508 e. The van der Waals surface area contributed by atoms with Crippen LogP contribution in [0.2, 0.25) is 0 Å². The number of rotatable bonds is 8. The van der Waals surface area contributed by atoms with Gasteiger partial charge in [-0.25, -0.2) is 0 Å². The monoisotopic (exact) mass is 385 g/mol. The third kappa shape index (κ3) is 4.07. The molecule has 0 aliphatic carbocycles. The average molecular weight is 385 g/mol. The molecule has 0 saturated heterocycles. The van der Waals surface area contributed by atoms with E-state index in [1.54, 1.807) is 30.3 Å². The van der Waals surface area contributed by atoms with Gasteiger partial charge in [0.15, 0.2) is 17.3 Å². The zero-order valence-corrected chi connectivity index (χ0v) is 16.6. The number of phenolic OH excluding ortho intramolecular Hbond substituents is 1. The van der Waals surface area contributed by atoms with Crippen LogP contribution < -0.4 is 19.5 Å². The van der Waals surface area contributed by atoms with E-state index in [2.05, 4.69) is 5.32 Å². The molecule has 1 aliphatic rings. The Morgan fingerprint density at radius 2 is 1.68 bits per heavy atom. The molecule has 0 fully saturated rings. The molecule has 2 N–H and O–H groups in total. The summed E-state index contributed by atoms with van der Waals surface area (Å²) in [5.41, 5.74) is 2.37. The van der Waals surface area contributed by atoms with Gasteiger partial charge < -0.3 is 24.6 Å². The molecule has 6 nitrogen and oxygen atoms in total. The highest BCUT2D eigenvalue weighted by Crippen LogP contribution is 2.40. The Morgan fingerprint density at radius 1 is 1.04 bits per heavy atom. The first-order chi connectivity index (χ1) is 13.6. The van der Waals surface area contributed by atoms with Crippen LogP contribution in [-0.2, 0) is 6.42 Å². The van der Waals surface area contributed by atoms with Crippen LogP contribution >= 0.6 is 0 Å². The van der Waals surface area contributed by atoms with Crippen LogP contribution in [0.1, 0.15) is 48.3 Å². The maximum absolute atomic E-state index is 13.4. The molecule has 0 bridgehead atoms. The van der Waals surface area contributed by atoms with E-state index in [1.807, 2.05) is 20.8 Å². The van der Waals surface area contributed by atoms with E-state index in [0.717, 1.165) is 17.5 Å². The number of ketones is 1. The van der Waals surface area contributed by atoms with E-state index in [1.165, 1.54) is 0 Å². The van der Waals surface area contributed by atoms with Gasteiger partial charge in [-0.15, -0.1) is 0 Å². The highest BCUT2D eigenvalue weighted by molar-refractivity contribution is 6.02. The SMILES string of the molecule is CCOc1cc(C(=O)C2NCCc3cc(O)ccc32)cc(OCC)c1OCC. The number of fused-ring (bicyclic) bond motifs is 1. The summed E-state index contributed by atoms with van der Waals surface area (Å²) in [5.74, 6) is 1.66. The third-order valence-corrected chi connectivity index (χ3v) is 4.64. The van der Waals surface area contributed by atoms with Crippen LogP contribution in [0.4, 0.5) is 0 Å². The minimum Gasteiger partial charge on any atom is -0.508 e. The summed E-state index contributed by atoms with van der Waals surface area (Å²) in [4.78, 5) is 13.4. The van der Waals surface area contributed by atoms with E-state index in [0.29, 0.717) is 49.2 Å². The molecule has 28 heavy (non-hydrogen) atoms. The predicted octanol–water partition coefficient (Wildman–Crippen LogP) is 3.66. The van der Waals surface area contributed by atoms with Gasteiger partial charge in [-0.3, -0.25) is 4.79 Å². The van der Waals surface area contributed by atoms with Crippen LogP contribution in [-0.4, -0.2) is 37.3 Å². The number of nitrogens with one attached hydrogen (secondary N) is 1. The first-order valence-electron chi connectivity index (χ1n) is 9.74. The van der Waals surface area contributed by atoms with Gasteiger partial charge in [-0.1, -0.05) is 6.07 Å². The van der Waals surface area contributed by atoms with Gasteiger partial charge in [-0.05, 0) is 62.6 Å². The van der Waals surface area contributed by atoms with Crippen molar-refractivity contribution in [3.05, 3.63) is 47.0 Å².